The molecule has 0 radical (unpaired) electrons. The molecule has 30 heavy (non-hydrogen) atoms. The lowest BCUT2D eigenvalue weighted by Gasteiger charge is -2.35. The minimum absolute atomic E-state index is 0.210. The summed E-state index contributed by atoms with van der Waals surface area (Å²) >= 11 is 0. The minimum Gasteiger partial charge on any atom is -0.490 e. The van der Waals surface area contributed by atoms with Crippen molar-refractivity contribution < 1.29 is 18.3 Å². The van der Waals surface area contributed by atoms with E-state index in [1.54, 1.807) is 35.4 Å². The molecule has 1 fully saturated rings. The molecule has 2 aromatic carbocycles. The van der Waals surface area contributed by atoms with E-state index in [-0.39, 0.29) is 23.2 Å². The Balaban J connectivity index is 1.50. The first-order valence-corrected chi connectivity index (χ1v) is 9.83. The molecule has 1 aliphatic rings. The summed E-state index contributed by atoms with van der Waals surface area (Å²) in [5.41, 5.74) is 1.80. The lowest BCUT2D eigenvalue weighted by Crippen LogP contribution is -2.49. The summed E-state index contributed by atoms with van der Waals surface area (Å²) in [6.07, 6.45) is 1.64. The number of nitrogens with zero attached hydrogens (tertiary/aromatic N) is 4. The van der Waals surface area contributed by atoms with E-state index in [4.69, 9.17) is 4.74 Å². The predicted octanol–water partition coefficient (Wildman–Crippen LogP) is 3.51. The van der Waals surface area contributed by atoms with E-state index in [0.717, 1.165) is 5.69 Å². The molecular weight excluding hydrogens is 390 g/mol. The van der Waals surface area contributed by atoms with Crippen molar-refractivity contribution in [3.8, 4) is 11.4 Å². The van der Waals surface area contributed by atoms with E-state index in [0.29, 0.717) is 44.2 Å². The predicted molar refractivity (Wildman–Crippen MR) is 109 cm³/mol. The molecule has 0 saturated carbocycles. The topological polar surface area (TPSA) is 50.6 Å². The van der Waals surface area contributed by atoms with Gasteiger partial charge < -0.3 is 14.5 Å². The molecule has 0 unspecified atom stereocenters. The first-order chi connectivity index (χ1) is 14.5. The SMILES string of the molecule is CCOc1cn(-c2ccc(F)cc2)nc1C(=O)N1CCN(c2ccc(F)cc2)CC1. The Kier molecular flexibility index (Phi) is 5.65. The largest absolute Gasteiger partial charge is 0.490 e. The third-order valence-electron chi connectivity index (χ3n) is 5.03. The van der Waals surface area contributed by atoms with Crippen molar-refractivity contribution >= 4 is 11.6 Å². The van der Waals surface area contributed by atoms with Crippen LogP contribution in [0, 0.1) is 11.6 Å². The normalized spacial score (nSPS) is 14.1. The highest BCUT2D eigenvalue weighted by Gasteiger charge is 2.27. The smallest absolute Gasteiger partial charge is 0.278 e. The zero-order chi connectivity index (χ0) is 21.1. The molecule has 1 aliphatic heterocycles. The van der Waals surface area contributed by atoms with Gasteiger partial charge in [-0.3, -0.25) is 4.79 Å². The maximum Gasteiger partial charge on any atom is 0.278 e. The van der Waals surface area contributed by atoms with Crippen molar-refractivity contribution in [3.05, 3.63) is 72.1 Å². The average molecular weight is 412 g/mol. The lowest BCUT2D eigenvalue weighted by molar-refractivity contribution is 0.0736. The molecular formula is C22H22F2N4O2. The number of ether oxygens (including phenoxy) is 1. The van der Waals surface area contributed by atoms with Crippen molar-refractivity contribution in [2.24, 2.45) is 0 Å². The molecule has 0 aliphatic carbocycles. The summed E-state index contributed by atoms with van der Waals surface area (Å²) in [4.78, 5) is 17.0. The van der Waals surface area contributed by atoms with Gasteiger partial charge in [0.05, 0.1) is 18.5 Å². The van der Waals surface area contributed by atoms with Gasteiger partial charge in [-0.05, 0) is 55.5 Å². The fraction of sp³-hybridized carbons (Fsp3) is 0.273. The van der Waals surface area contributed by atoms with Gasteiger partial charge in [0.15, 0.2) is 11.4 Å². The second-order valence-electron chi connectivity index (χ2n) is 6.95. The zero-order valence-corrected chi connectivity index (χ0v) is 16.6. The van der Waals surface area contributed by atoms with Crippen LogP contribution in [-0.4, -0.2) is 53.4 Å². The van der Waals surface area contributed by atoms with E-state index in [1.807, 2.05) is 6.92 Å². The van der Waals surface area contributed by atoms with Crippen molar-refractivity contribution in [3.63, 3.8) is 0 Å². The summed E-state index contributed by atoms with van der Waals surface area (Å²) in [5, 5.41) is 4.41. The molecule has 6 nitrogen and oxygen atoms in total. The van der Waals surface area contributed by atoms with Gasteiger partial charge in [-0.1, -0.05) is 0 Å². The standard InChI is InChI=1S/C22H22F2N4O2/c1-2-30-20-15-28(19-9-5-17(24)6-10-19)25-21(20)22(29)27-13-11-26(12-14-27)18-7-3-16(23)4-8-18/h3-10,15H,2,11-14H2,1H3. The highest BCUT2D eigenvalue weighted by Crippen LogP contribution is 2.23. The maximum absolute atomic E-state index is 13.2. The Morgan fingerprint density at radius 3 is 2.07 bits per heavy atom. The van der Waals surface area contributed by atoms with Crippen LogP contribution in [0.3, 0.4) is 0 Å². The Labute approximate surface area is 173 Å². The third kappa shape index (κ3) is 4.12. The molecule has 8 heteroatoms. The number of hydrogen-bond acceptors (Lipinski definition) is 4. The van der Waals surface area contributed by atoms with Gasteiger partial charge in [0.2, 0.25) is 0 Å². The third-order valence-corrected chi connectivity index (χ3v) is 5.03. The monoisotopic (exact) mass is 412 g/mol. The fourth-order valence-electron chi connectivity index (χ4n) is 3.46. The van der Waals surface area contributed by atoms with Crippen LogP contribution in [0.15, 0.2) is 54.7 Å². The van der Waals surface area contributed by atoms with Crippen LogP contribution >= 0.6 is 0 Å². The number of aromatic nitrogens is 2. The second kappa shape index (κ2) is 8.52. The number of rotatable bonds is 5. The zero-order valence-electron chi connectivity index (χ0n) is 16.6. The Morgan fingerprint density at radius 1 is 0.933 bits per heavy atom. The van der Waals surface area contributed by atoms with Crippen molar-refractivity contribution in [2.45, 2.75) is 6.92 Å². The number of amides is 1. The number of anilines is 1. The Morgan fingerprint density at radius 2 is 1.50 bits per heavy atom. The van der Waals surface area contributed by atoms with Gasteiger partial charge in [0.25, 0.3) is 5.91 Å². The number of halogens is 2. The molecule has 3 aromatic rings. The van der Waals surface area contributed by atoms with Crippen molar-refractivity contribution in [1.29, 1.82) is 0 Å². The maximum atomic E-state index is 13.2. The lowest BCUT2D eigenvalue weighted by atomic mass is 10.2. The quantitative estimate of drug-likeness (QED) is 0.644. The van der Waals surface area contributed by atoms with E-state index >= 15 is 0 Å². The van der Waals surface area contributed by atoms with Gasteiger partial charge >= 0.3 is 0 Å². The van der Waals surface area contributed by atoms with Gasteiger partial charge in [0.1, 0.15) is 11.6 Å². The first kappa shape index (κ1) is 19.9. The summed E-state index contributed by atoms with van der Waals surface area (Å²) < 4.78 is 33.5. The van der Waals surface area contributed by atoms with Gasteiger partial charge in [0, 0.05) is 31.9 Å². The molecule has 1 aromatic heterocycles. The van der Waals surface area contributed by atoms with Gasteiger partial charge in [-0.25, -0.2) is 13.5 Å². The molecule has 0 bridgehead atoms. The highest BCUT2D eigenvalue weighted by molar-refractivity contribution is 5.95. The summed E-state index contributed by atoms with van der Waals surface area (Å²) in [7, 11) is 0. The molecule has 0 atom stereocenters. The van der Waals surface area contributed by atoms with Crippen molar-refractivity contribution in [1.82, 2.24) is 14.7 Å². The van der Waals surface area contributed by atoms with E-state index in [9.17, 15) is 13.6 Å². The van der Waals surface area contributed by atoms with Crippen LogP contribution in [0.4, 0.5) is 14.5 Å². The average Bonchev–Trinajstić information content (AvgIpc) is 3.18. The molecule has 0 N–H and O–H groups in total. The van der Waals surface area contributed by atoms with E-state index in [2.05, 4.69) is 10.00 Å². The van der Waals surface area contributed by atoms with Crippen LogP contribution < -0.4 is 9.64 Å². The second-order valence-corrected chi connectivity index (χ2v) is 6.95. The molecule has 1 amide bonds. The van der Waals surface area contributed by atoms with Crippen molar-refractivity contribution in [2.75, 3.05) is 37.7 Å². The Bertz CT molecular complexity index is 1010. The minimum atomic E-state index is -0.341. The van der Waals surface area contributed by atoms with Crippen LogP contribution in [0.25, 0.3) is 5.69 Å². The molecule has 1 saturated heterocycles. The van der Waals surface area contributed by atoms with Gasteiger partial charge in [-0.2, -0.15) is 5.10 Å². The van der Waals surface area contributed by atoms with Crippen LogP contribution in [0.2, 0.25) is 0 Å². The number of carbonyl (C=O) groups excluding carboxylic acids is 1. The van der Waals surface area contributed by atoms with Crippen LogP contribution in [0.1, 0.15) is 17.4 Å². The van der Waals surface area contributed by atoms with Crippen LogP contribution in [0.5, 0.6) is 5.75 Å². The molecule has 0 spiro atoms. The number of benzene rings is 2. The van der Waals surface area contributed by atoms with E-state index < -0.39 is 0 Å². The molecule has 4 rings (SSSR count). The number of hydrogen-bond donors (Lipinski definition) is 0. The highest BCUT2D eigenvalue weighted by atomic mass is 19.1. The van der Waals surface area contributed by atoms with Gasteiger partial charge in [-0.15, -0.1) is 0 Å². The Hall–Kier alpha value is -3.42. The fourth-order valence-corrected chi connectivity index (χ4v) is 3.46. The number of carbonyl (C=O) groups is 1. The molecule has 2 heterocycles. The van der Waals surface area contributed by atoms with E-state index in [1.165, 1.54) is 28.9 Å². The molecule has 156 valence electrons. The summed E-state index contributed by atoms with van der Waals surface area (Å²) in [6.45, 7) is 4.55. The first-order valence-electron chi connectivity index (χ1n) is 9.83. The number of piperazine rings is 1. The van der Waals surface area contributed by atoms with Crippen LogP contribution in [-0.2, 0) is 0 Å². The summed E-state index contributed by atoms with van der Waals surface area (Å²) in [5.74, 6) is -0.426. The summed E-state index contributed by atoms with van der Waals surface area (Å²) in [6, 6.07) is 12.2.